The molecule has 2 N–H and O–H groups in total. The first-order valence-corrected chi connectivity index (χ1v) is 10.9. The van der Waals surface area contributed by atoms with Crippen LogP contribution in [0.2, 0.25) is 0 Å². The number of alkyl halides is 3. The Bertz CT molecular complexity index is 1180. The highest BCUT2D eigenvalue weighted by molar-refractivity contribution is 5.93. The molecule has 0 amide bonds. The summed E-state index contributed by atoms with van der Waals surface area (Å²) in [5.41, 5.74) is 3.98. The fourth-order valence-corrected chi connectivity index (χ4v) is 4.69. The number of aromatic nitrogens is 1. The second kappa shape index (κ2) is 8.16. The molecule has 0 saturated carbocycles. The summed E-state index contributed by atoms with van der Waals surface area (Å²) in [5, 5.41) is 4.43. The van der Waals surface area contributed by atoms with Gasteiger partial charge in [-0.2, -0.15) is 13.2 Å². The number of rotatable bonds is 3. The summed E-state index contributed by atoms with van der Waals surface area (Å²) in [6, 6.07) is 11.6. The largest absolute Gasteiger partial charge is 0.416 e. The lowest BCUT2D eigenvalue weighted by Gasteiger charge is -2.36. The highest BCUT2D eigenvalue weighted by atomic mass is 19.4. The number of aromatic amines is 1. The molecule has 1 aromatic heterocycles. The molecule has 2 aliphatic heterocycles. The van der Waals surface area contributed by atoms with Gasteiger partial charge in [-0.15, -0.1) is 0 Å². The van der Waals surface area contributed by atoms with Gasteiger partial charge < -0.3 is 15.2 Å². The summed E-state index contributed by atoms with van der Waals surface area (Å²) in [7, 11) is 0. The van der Waals surface area contributed by atoms with Gasteiger partial charge in [-0.05, 0) is 48.7 Å². The van der Waals surface area contributed by atoms with Crippen molar-refractivity contribution >= 4 is 22.3 Å². The molecular formula is C24H25F3N4O. The molecule has 3 aromatic rings. The third-order valence-electron chi connectivity index (χ3n) is 6.42. The summed E-state index contributed by atoms with van der Waals surface area (Å²) < 4.78 is 38.3. The van der Waals surface area contributed by atoms with Gasteiger partial charge in [0, 0.05) is 55.9 Å². The third kappa shape index (κ3) is 4.07. The first kappa shape index (κ1) is 20.9. The van der Waals surface area contributed by atoms with Crippen molar-refractivity contribution in [3.8, 4) is 0 Å². The van der Waals surface area contributed by atoms with E-state index in [1.165, 1.54) is 0 Å². The van der Waals surface area contributed by atoms with Crippen molar-refractivity contribution in [1.82, 2.24) is 9.88 Å². The number of H-pyrrole nitrogens is 1. The number of halogens is 3. The Balaban J connectivity index is 1.25. The third-order valence-corrected chi connectivity index (χ3v) is 6.42. The number of nitrogens with one attached hydrogen (secondary N) is 2. The highest BCUT2D eigenvalue weighted by Crippen LogP contribution is 2.31. The van der Waals surface area contributed by atoms with Crippen molar-refractivity contribution in [2.24, 2.45) is 0 Å². The average molecular weight is 442 g/mol. The molecule has 2 aliphatic rings. The minimum atomic E-state index is -4.31. The summed E-state index contributed by atoms with van der Waals surface area (Å²) in [4.78, 5) is 19.9. The van der Waals surface area contributed by atoms with Gasteiger partial charge in [-0.1, -0.05) is 12.1 Å². The Kier molecular flexibility index (Phi) is 5.33. The first-order valence-electron chi connectivity index (χ1n) is 10.9. The zero-order valence-electron chi connectivity index (χ0n) is 17.6. The number of fused-ring (bicyclic) bond motifs is 3. The molecular weight excluding hydrogens is 417 g/mol. The molecule has 0 aliphatic carbocycles. The van der Waals surface area contributed by atoms with E-state index in [0.29, 0.717) is 0 Å². The van der Waals surface area contributed by atoms with Gasteiger partial charge in [0.25, 0.3) is 5.56 Å². The average Bonchev–Trinajstić information content (AvgIpc) is 2.79. The topological polar surface area (TPSA) is 51.4 Å². The lowest BCUT2D eigenvalue weighted by molar-refractivity contribution is -0.137. The van der Waals surface area contributed by atoms with E-state index in [-0.39, 0.29) is 5.56 Å². The number of hydrogen-bond donors (Lipinski definition) is 2. The van der Waals surface area contributed by atoms with Gasteiger partial charge in [-0.3, -0.25) is 9.69 Å². The van der Waals surface area contributed by atoms with Crippen LogP contribution in [0.5, 0.6) is 0 Å². The van der Waals surface area contributed by atoms with E-state index in [0.717, 1.165) is 97.6 Å². The van der Waals surface area contributed by atoms with Crippen LogP contribution in [0, 0.1) is 0 Å². The van der Waals surface area contributed by atoms with Crippen molar-refractivity contribution in [1.29, 1.82) is 0 Å². The molecule has 2 aromatic carbocycles. The highest BCUT2D eigenvalue weighted by Gasteiger charge is 2.30. The smallest absolute Gasteiger partial charge is 0.384 e. The summed E-state index contributed by atoms with van der Waals surface area (Å²) >= 11 is 0. The molecule has 0 unspecified atom stereocenters. The van der Waals surface area contributed by atoms with Gasteiger partial charge in [0.1, 0.15) is 0 Å². The molecule has 168 valence electrons. The van der Waals surface area contributed by atoms with E-state index in [9.17, 15) is 18.0 Å². The SMILES string of the molecule is O=c1[nH]c2cc(CN3CCN(c4ccc(C(F)(F)F)cc4)CC3)ccc2c2c1CCCN2. The van der Waals surface area contributed by atoms with Crippen molar-refractivity contribution in [2.45, 2.75) is 25.6 Å². The Morgan fingerprint density at radius 3 is 2.44 bits per heavy atom. The van der Waals surface area contributed by atoms with Crippen LogP contribution in [0.4, 0.5) is 24.5 Å². The number of anilines is 2. The van der Waals surface area contributed by atoms with Crippen LogP contribution in [0.15, 0.2) is 47.3 Å². The molecule has 0 atom stereocenters. The van der Waals surface area contributed by atoms with Crippen molar-refractivity contribution in [2.75, 3.05) is 42.9 Å². The van der Waals surface area contributed by atoms with E-state index in [1.807, 2.05) is 0 Å². The van der Waals surface area contributed by atoms with Crippen LogP contribution < -0.4 is 15.8 Å². The van der Waals surface area contributed by atoms with Crippen LogP contribution in [-0.4, -0.2) is 42.6 Å². The Labute approximate surface area is 183 Å². The van der Waals surface area contributed by atoms with Crippen LogP contribution in [0.3, 0.4) is 0 Å². The minimum Gasteiger partial charge on any atom is -0.384 e. The fourth-order valence-electron chi connectivity index (χ4n) is 4.69. The Morgan fingerprint density at radius 2 is 1.72 bits per heavy atom. The lowest BCUT2D eigenvalue weighted by atomic mass is 10.0. The van der Waals surface area contributed by atoms with Crippen molar-refractivity contribution in [3.05, 3.63) is 69.5 Å². The maximum atomic E-state index is 12.8. The number of nitrogens with zero attached hydrogens (tertiary/aromatic N) is 2. The standard InChI is InChI=1S/C24H25F3N4O/c25-24(26,27)17-4-6-18(7-5-17)31-12-10-30(11-13-31)15-16-3-8-19-21(14-16)29-23(32)20-2-1-9-28-22(19)20/h3-8,14,28H,1-2,9-13,15H2,(H,29,32). The van der Waals surface area contributed by atoms with Crippen LogP contribution in [0.25, 0.3) is 10.9 Å². The number of benzene rings is 2. The van der Waals surface area contributed by atoms with Crippen LogP contribution in [-0.2, 0) is 19.1 Å². The van der Waals surface area contributed by atoms with Gasteiger partial charge >= 0.3 is 6.18 Å². The molecule has 0 spiro atoms. The zero-order chi connectivity index (χ0) is 22.3. The number of pyridine rings is 1. The van der Waals surface area contributed by atoms with Gasteiger partial charge in [0.2, 0.25) is 0 Å². The normalized spacial score (nSPS) is 17.3. The summed E-state index contributed by atoms with van der Waals surface area (Å²) in [6.45, 7) is 4.81. The molecule has 8 heteroatoms. The molecule has 1 saturated heterocycles. The molecule has 5 nitrogen and oxygen atoms in total. The van der Waals surface area contributed by atoms with E-state index in [2.05, 4.69) is 38.3 Å². The van der Waals surface area contributed by atoms with E-state index >= 15 is 0 Å². The monoisotopic (exact) mass is 442 g/mol. The van der Waals surface area contributed by atoms with E-state index in [1.54, 1.807) is 12.1 Å². The molecule has 0 bridgehead atoms. The maximum Gasteiger partial charge on any atom is 0.416 e. The lowest BCUT2D eigenvalue weighted by Crippen LogP contribution is -2.45. The van der Waals surface area contributed by atoms with Crippen molar-refractivity contribution < 1.29 is 13.2 Å². The van der Waals surface area contributed by atoms with Crippen LogP contribution >= 0.6 is 0 Å². The van der Waals surface area contributed by atoms with Gasteiger partial charge in [-0.25, -0.2) is 0 Å². The van der Waals surface area contributed by atoms with Gasteiger partial charge in [0.05, 0.1) is 16.8 Å². The molecule has 5 rings (SSSR count). The summed E-state index contributed by atoms with van der Waals surface area (Å²) in [5.74, 6) is 0. The van der Waals surface area contributed by atoms with Crippen molar-refractivity contribution in [3.63, 3.8) is 0 Å². The molecule has 3 heterocycles. The molecule has 32 heavy (non-hydrogen) atoms. The van der Waals surface area contributed by atoms with Crippen LogP contribution in [0.1, 0.15) is 23.1 Å². The molecule has 1 fully saturated rings. The Morgan fingerprint density at radius 1 is 0.969 bits per heavy atom. The Hall–Kier alpha value is -3.00. The van der Waals surface area contributed by atoms with E-state index in [4.69, 9.17) is 0 Å². The second-order valence-electron chi connectivity index (χ2n) is 8.53. The van der Waals surface area contributed by atoms with E-state index < -0.39 is 11.7 Å². The predicted molar refractivity (Wildman–Crippen MR) is 120 cm³/mol. The summed E-state index contributed by atoms with van der Waals surface area (Å²) in [6.07, 6.45) is -2.53. The molecule has 0 radical (unpaired) electrons. The minimum absolute atomic E-state index is 0.0120. The quantitative estimate of drug-likeness (QED) is 0.638. The maximum absolute atomic E-state index is 12.8. The number of hydrogen-bond acceptors (Lipinski definition) is 4. The fraction of sp³-hybridized carbons (Fsp3) is 0.375. The van der Waals surface area contributed by atoms with Gasteiger partial charge in [0.15, 0.2) is 0 Å². The first-order chi connectivity index (χ1) is 15.4. The second-order valence-corrected chi connectivity index (χ2v) is 8.53. The predicted octanol–water partition coefficient (Wildman–Crippen LogP) is 4.23. The number of piperazine rings is 1. The zero-order valence-corrected chi connectivity index (χ0v) is 17.6.